The van der Waals surface area contributed by atoms with Crippen molar-refractivity contribution >= 4 is 37.5 Å². The molecule has 0 spiro atoms. The van der Waals surface area contributed by atoms with E-state index in [2.05, 4.69) is 17.3 Å². The van der Waals surface area contributed by atoms with Crippen molar-refractivity contribution in [3.63, 3.8) is 0 Å². The van der Waals surface area contributed by atoms with E-state index in [-0.39, 0.29) is 61.8 Å². The van der Waals surface area contributed by atoms with Crippen LogP contribution in [0.1, 0.15) is 118 Å². The Hall–Kier alpha value is -1.40. The maximum Gasteiger partial charge on any atom is 0.534 e. The van der Waals surface area contributed by atoms with Crippen LogP contribution in [0, 0.1) is 0 Å². The number of alkyl halides is 3. The van der Waals surface area contributed by atoms with Crippen LogP contribution in [0.25, 0.3) is 0 Å². The summed E-state index contributed by atoms with van der Waals surface area (Å²) in [6.45, 7) is 34.0. The van der Waals surface area contributed by atoms with Crippen molar-refractivity contribution in [3.05, 3.63) is 25.4 Å². The first-order valence-electron chi connectivity index (χ1n) is 15.3. The van der Waals surface area contributed by atoms with Gasteiger partial charge >= 0.3 is 36.8 Å². The van der Waals surface area contributed by atoms with Crippen LogP contribution in [-0.2, 0) is 51.8 Å². The molecule has 4 rings (SSSR count). The summed E-state index contributed by atoms with van der Waals surface area (Å²) < 4.78 is 96.6. The first-order valence-corrected chi connectivity index (χ1v) is 16.7. The Morgan fingerprint density at radius 2 is 0.918 bits per heavy atom. The number of hydrogen-bond donors (Lipinski definition) is 0. The molecule has 0 aliphatic carbocycles. The lowest BCUT2D eigenvalue weighted by Gasteiger charge is -2.32. The molecule has 0 N–H and O–H groups in total. The van der Waals surface area contributed by atoms with Crippen molar-refractivity contribution in [2.75, 3.05) is 13.2 Å². The molecule has 0 atom stereocenters. The van der Waals surface area contributed by atoms with E-state index in [1.807, 2.05) is 83.1 Å². The van der Waals surface area contributed by atoms with Gasteiger partial charge in [0.05, 0.1) is 39.9 Å². The van der Waals surface area contributed by atoms with E-state index in [9.17, 15) is 21.6 Å². The zero-order chi connectivity index (χ0) is 37.3. The quantitative estimate of drug-likeness (QED) is 0.0949. The van der Waals surface area contributed by atoms with Crippen molar-refractivity contribution in [2.45, 2.75) is 157 Å². The summed E-state index contributed by atoms with van der Waals surface area (Å²) >= 11 is 0. The van der Waals surface area contributed by atoms with Crippen LogP contribution in [0.15, 0.2) is 25.4 Å². The highest BCUT2D eigenvalue weighted by atomic mass is 32.2. The lowest BCUT2D eigenvalue weighted by Crippen LogP contribution is -2.41. The van der Waals surface area contributed by atoms with E-state index in [1.54, 1.807) is 5.98 Å². The molecule has 0 radical (unpaired) electrons. The summed E-state index contributed by atoms with van der Waals surface area (Å²) in [5, 5.41) is 0. The van der Waals surface area contributed by atoms with E-state index in [0.29, 0.717) is 0 Å². The minimum atomic E-state index is -5.47. The summed E-state index contributed by atoms with van der Waals surface area (Å²) in [6, 6.07) is 0. The molecule has 0 amide bonds. The Labute approximate surface area is 295 Å². The fourth-order valence-corrected chi connectivity index (χ4v) is 3.93. The summed E-state index contributed by atoms with van der Waals surface area (Å²) in [6.07, 6.45) is 3.50. The zero-order valence-electron chi connectivity index (χ0n) is 30.2. The standard InChI is InChI=1S/C12H24B2O4.C8H15BO2.C4H8O.C3H3F3O3S.C2H4O.2CH4/c1-9(2)10(3,4)16-13(15-9)14-17-11(5,6)12(7,8)18-14;1-6-9-10-7(2,3)8(4,5)11-9;1-2-4-5-3-1;1-2-9-10(7,8)3(4,5)6;1-2-3;;/h1-8H3;6H,1H2,2-5H3;1-4H2;2H,1H2;2H,1H3;2*1H4. The molecule has 4 fully saturated rings. The van der Waals surface area contributed by atoms with Gasteiger partial charge in [-0.05, 0) is 103 Å². The number of hydrogen-bond acceptors (Lipinski definition) is 11. The molecule has 0 aromatic rings. The van der Waals surface area contributed by atoms with Gasteiger partial charge in [0.1, 0.15) is 6.29 Å². The van der Waals surface area contributed by atoms with Crippen molar-refractivity contribution in [2.24, 2.45) is 0 Å². The van der Waals surface area contributed by atoms with Crippen LogP contribution in [0.2, 0.25) is 0 Å². The molecule has 0 aromatic heterocycles. The maximum atomic E-state index is 11.3. The highest BCUT2D eigenvalue weighted by Gasteiger charge is 2.63. The van der Waals surface area contributed by atoms with Gasteiger partial charge in [0, 0.05) is 13.2 Å². The molecular formula is C31H62B3F3O11S. The van der Waals surface area contributed by atoms with Crippen LogP contribution < -0.4 is 0 Å². The molecule has 4 aliphatic rings. The second-order valence-corrected chi connectivity index (χ2v) is 15.4. The third kappa shape index (κ3) is 14.6. The van der Waals surface area contributed by atoms with Gasteiger partial charge < -0.3 is 41.6 Å². The van der Waals surface area contributed by atoms with Gasteiger partial charge in [-0.1, -0.05) is 27.4 Å². The van der Waals surface area contributed by atoms with E-state index < -0.39 is 29.6 Å². The van der Waals surface area contributed by atoms with E-state index in [1.165, 1.54) is 19.8 Å². The van der Waals surface area contributed by atoms with Crippen LogP contribution in [0.5, 0.6) is 0 Å². The second kappa shape index (κ2) is 19.4. The van der Waals surface area contributed by atoms with E-state index in [0.717, 1.165) is 19.5 Å². The number of halogens is 3. The van der Waals surface area contributed by atoms with Crippen molar-refractivity contribution in [3.8, 4) is 0 Å². The van der Waals surface area contributed by atoms with Gasteiger partial charge in [0.2, 0.25) is 0 Å². The predicted molar refractivity (Wildman–Crippen MR) is 190 cm³/mol. The van der Waals surface area contributed by atoms with Gasteiger partial charge in [-0.3, -0.25) is 0 Å². The van der Waals surface area contributed by atoms with E-state index >= 15 is 0 Å². The second-order valence-electron chi connectivity index (χ2n) is 13.8. The highest BCUT2D eigenvalue weighted by molar-refractivity contribution is 7.87. The zero-order valence-corrected chi connectivity index (χ0v) is 31.1. The Balaban J connectivity index is -0.000000594. The molecule has 0 bridgehead atoms. The van der Waals surface area contributed by atoms with Gasteiger partial charge in [-0.25, -0.2) is 0 Å². The Morgan fingerprint density at radius 1 is 0.653 bits per heavy atom. The fraction of sp³-hybridized carbons (Fsp3) is 0.839. The van der Waals surface area contributed by atoms with Gasteiger partial charge in [-0.15, -0.1) is 6.58 Å². The summed E-state index contributed by atoms with van der Waals surface area (Å²) in [4.78, 5) is 8.81. The first kappa shape index (κ1) is 52.0. The smallest absolute Gasteiger partial charge is 0.405 e. The third-order valence-corrected chi connectivity index (χ3v) is 9.49. The molecule has 4 aliphatic heterocycles. The van der Waals surface area contributed by atoms with Crippen LogP contribution >= 0.6 is 0 Å². The highest BCUT2D eigenvalue weighted by Crippen LogP contribution is 2.43. The minimum absolute atomic E-state index is 0. The van der Waals surface area contributed by atoms with Crippen LogP contribution in [0.4, 0.5) is 13.2 Å². The monoisotopic (exact) mass is 732 g/mol. The van der Waals surface area contributed by atoms with Gasteiger partial charge in [0.15, 0.2) is 0 Å². The van der Waals surface area contributed by atoms with Crippen LogP contribution in [-0.4, -0.2) is 88.2 Å². The normalized spacial score (nSPS) is 23.1. The first-order chi connectivity index (χ1) is 21.0. The average Bonchev–Trinajstić information content (AvgIpc) is 3.62. The molecule has 0 unspecified atom stereocenters. The molecule has 49 heavy (non-hydrogen) atoms. The fourth-order valence-electron chi connectivity index (χ4n) is 3.64. The molecular weight excluding hydrogens is 670 g/mol. The number of rotatable bonds is 4. The molecule has 0 aromatic carbocycles. The Kier molecular flexibility index (Phi) is 20.6. The van der Waals surface area contributed by atoms with Crippen molar-refractivity contribution in [1.29, 1.82) is 0 Å². The largest absolute Gasteiger partial charge is 0.534 e. The lowest BCUT2D eigenvalue weighted by molar-refractivity contribution is -0.106. The molecule has 4 saturated heterocycles. The van der Waals surface area contributed by atoms with E-state index in [4.69, 9.17) is 37.5 Å². The van der Waals surface area contributed by atoms with Crippen LogP contribution in [0.3, 0.4) is 0 Å². The molecule has 18 heteroatoms. The SMILES string of the molecule is C.C.C1CCOC1.C=CB1OC(C)(C)C(C)(C)O1.C=COS(=O)(=O)C(F)(F)F.CC1(C)OB(B2OC(C)(C)C(C)(C)O2)OC1(C)C.CC=O. The minimum Gasteiger partial charge on any atom is -0.405 e. The molecule has 11 nitrogen and oxygen atoms in total. The van der Waals surface area contributed by atoms with Crippen molar-refractivity contribution in [1.82, 2.24) is 0 Å². The number of aldehydes is 1. The maximum absolute atomic E-state index is 11.3. The van der Waals surface area contributed by atoms with Gasteiger partial charge in [0.25, 0.3) is 0 Å². The van der Waals surface area contributed by atoms with Crippen molar-refractivity contribution < 1.29 is 63.2 Å². The van der Waals surface area contributed by atoms with Gasteiger partial charge in [-0.2, -0.15) is 21.6 Å². The summed E-state index contributed by atoms with van der Waals surface area (Å²) in [5.41, 5.74) is -7.27. The molecule has 4 heterocycles. The number of ether oxygens (including phenoxy) is 1. The summed E-state index contributed by atoms with van der Waals surface area (Å²) in [7, 11) is -6.67. The third-order valence-electron chi connectivity index (χ3n) is 8.53. The summed E-state index contributed by atoms with van der Waals surface area (Å²) in [5.74, 6) is 1.68. The molecule has 288 valence electrons. The average molecular weight is 732 g/mol. The lowest BCUT2D eigenvalue weighted by atomic mass is 9.49. The number of carbonyl (C=O) groups excluding carboxylic acids is 1. The Bertz CT molecular complexity index is 1040. The number of carbonyl (C=O) groups is 1. The molecule has 0 saturated carbocycles. The topological polar surface area (TPSA) is 125 Å². The Morgan fingerprint density at radius 3 is 1.06 bits per heavy atom. The predicted octanol–water partition coefficient (Wildman–Crippen LogP) is 7.32.